The summed E-state index contributed by atoms with van der Waals surface area (Å²) in [6.07, 6.45) is -6.10. The standard InChI is InChI=1S/C14H19NO8/c1-5-6(2)13(20)15(12(5)19)9-11(18)10(17)8(23-14(9)21)4-22-7(3)16/h8-11,14,17-18,21H,4H2,1-3H3/t8-,9-,10-,11-,14-/m1/s1. The van der Waals surface area contributed by atoms with Gasteiger partial charge in [-0.15, -0.1) is 0 Å². The van der Waals surface area contributed by atoms with Gasteiger partial charge in [-0.2, -0.15) is 0 Å². The Hall–Kier alpha value is -1.81. The Bertz CT molecular complexity index is 547. The lowest BCUT2D eigenvalue weighted by molar-refractivity contribution is -0.268. The summed E-state index contributed by atoms with van der Waals surface area (Å²) in [5.41, 5.74) is 0.400. The van der Waals surface area contributed by atoms with Crippen LogP contribution in [0.5, 0.6) is 0 Å². The maximum Gasteiger partial charge on any atom is 0.302 e. The predicted molar refractivity (Wildman–Crippen MR) is 73.5 cm³/mol. The van der Waals surface area contributed by atoms with E-state index < -0.39 is 48.4 Å². The minimum atomic E-state index is -1.72. The molecule has 0 saturated carbocycles. The van der Waals surface area contributed by atoms with Gasteiger partial charge in [0.1, 0.15) is 31.0 Å². The van der Waals surface area contributed by atoms with Gasteiger partial charge in [0.05, 0.1) is 0 Å². The predicted octanol–water partition coefficient (Wildman–Crippen LogP) is -1.94. The van der Waals surface area contributed by atoms with Gasteiger partial charge in [0.15, 0.2) is 6.29 Å². The zero-order valence-electron chi connectivity index (χ0n) is 12.9. The second-order valence-corrected chi connectivity index (χ2v) is 5.57. The van der Waals surface area contributed by atoms with Crippen molar-refractivity contribution in [1.82, 2.24) is 4.90 Å². The van der Waals surface area contributed by atoms with Crippen molar-refractivity contribution in [3.63, 3.8) is 0 Å². The highest BCUT2D eigenvalue weighted by Gasteiger charge is 2.52. The Kier molecular flexibility index (Phi) is 4.85. The highest BCUT2D eigenvalue weighted by atomic mass is 16.6. The zero-order chi connectivity index (χ0) is 17.5. The van der Waals surface area contributed by atoms with Crippen molar-refractivity contribution in [2.45, 2.75) is 51.4 Å². The fourth-order valence-corrected chi connectivity index (χ4v) is 2.59. The first-order valence-electron chi connectivity index (χ1n) is 7.05. The normalized spacial score (nSPS) is 35.0. The number of hydrogen-bond donors (Lipinski definition) is 3. The van der Waals surface area contributed by atoms with E-state index in [4.69, 9.17) is 4.74 Å². The molecule has 1 saturated heterocycles. The number of nitrogens with zero attached hydrogens (tertiary/aromatic N) is 1. The van der Waals surface area contributed by atoms with Crippen LogP contribution in [-0.4, -0.2) is 75.3 Å². The van der Waals surface area contributed by atoms with Gasteiger partial charge >= 0.3 is 5.97 Å². The van der Waals surface area contributed by atoms with Crippen molar-refractivity contribution in [3.8, 4) is 0 Å². The van der Waals surface area contributed by atoms with Crippen LogP contribution in [0.3, 0.4) is 0 Å². The molecular weight excluding hydrogens is 310 g/mol. The number of aliphatic hydroxyl groups is 3. The summed E-state index contributed by atoms with van der Waals surface area (Å²) in [4.78, 5) is 35.8. The highest BCUT2D eigenvalue weighted by molar-refractivity contribution is 6.19. The Morgan fingerprint density at radius 1 is 1.13 bits per heavy atom. The molecule has 2 aliphatic heterocycles. The molecule has 9 nitrogen and oxygen atoms in total. The zero-order valence-corrected chi connectivity index (χ0v) is 12.9. The fourth-order valence-electron chi connectivity index (χ4n) is 2.59. The summed E-state index contributed by atoms with van der Waals surface area (Å²) in [5, 5.41) is 30.3. The van der Waals surface area contributed by atoms with Crippen molar-refractivity contribution in [1.29, 1.82) is 0 Å². The minimum Gasteiger partial charge on any atom is -0.463 e. The number of esters is 1. The molecule has 2 rings (SSSR count). The lowest BCUT2D eigenvalue weighted by Gasteiger charge is -2.43. The SMILES string of the molecule is CC(=O)OC[C@H]1O[C@@H](O)[C@H](N2C(=O)C(C)=C(C)C2=O)[C@@H](O)[C@@H]1O. The van der Waals surface area contributed by atoms with Crippen molar-refractivity contribution in [2.24, 2.45) is 0 Å². The van der Waals surface area contributed by atoms with Crippen LogP contribution < -0.4 is 0 Å². The van der Waals surface area contributed by atoms with Crippen LogP contribution in [-0.2, 0) is 23.9 Å². The number of carbonyl (C=O) groups excluding carboxylic acids is 3. The van der Waals surface area contributed by atoms with Crippen molar-refractivity contribution in [2.75, 3.05) is 6.61 Å². The maximum absolute atomic E-state index is 12.1. The Morgan fingerprint density at radius 3 is 2.13 bits per heavy atom. The molecule has 23 heavy (non-hydrogen) atoms. The molecule has 9 heteroatoms. The second kappa shape index (κ2) is 6.36. The lowest BCUT2D eigenvalue weighted by Crippen LogP contribution is -2.65. The molecule has 3 N–H and O–H groups in total. The molecule has 0 aromatic carbocycles. The first-order chi connectivity index (χ1) is 10.7. The summed E-state index contributed by atoms with van der Waals surface area (Å²) in [5.74, 6) is -1.94. The number of rotatable bonds is 3. The van der Waals surface area contributed by atoms with Crippen LogP contribution >= 0.6 is 0 Å². The summed E-state index contributed by atoms with van der Waals surface area (Å²) in [7, 11) is 0. The molecule has 0 bridgehead atoms. The topological polar surface area (TPSA) is 134 Å². The average Bonchev–Trinajstić information content (AvgIpc) is 2.67. The third-order valence-corrected chi connectivity index (χ3v) is 4.08. The third kappa shape index (κ3) is 3.00. The van der Waals surface area contributed by atoms with Gasteiger partial charge in [0, 0.05) is 18.1 Å². The van der Waals surface area contributed by atoms with E-state index in [2.05, 4.69) is 4.74 Å². The number of ether oxygens (including phenoxy) is 2. The molecule has 2 amide bonds. The molecular formula is C14H19NO8. The smallest absolute Gasteiger partial charge is 0.302 e. The summed E-state index contributed by atoms with van der Waals surface area (Å²) in [6.45, 7) is 3.69. The quantitative estimate of drug-likeness (QED) is 0.402. The lowest BCUT2D eigenvalue weighted by atomic mass is 9.95. The van der Waals surface area contributed by atoms with Crippen molar-refractivity contribution >= 4 is 17.8 Å². The van der Waals surface area contributed by atoms with Gasteiger partial charge in [0.25, 0.3) is 11.8 Å². The summed E-state index contributed by atoms with van der Waals surface area (Å²) in [6, 6.07) is -1.45. The molecule has 128 valence electrons. The van der Waals surface area contributed by atoms with Crippen LogP contribution in [0.4, 0.5) is 0 Å². The van der Waals surface area contributed by atoms with E-state index >= 15 is 0 Å². The van der Waals surface area contributed by atoms with Gasteiger partial charge in [-0.1, -0.05) is 0 Å². The average molecular weight is 329 g/mol. The van der Waals surface area contributed by atoms with E-state index in [-0.39, 0.29) is 17.8 Å². The number of amides is 2. The van der Waals surface area contributed by atoms with Gasteiger partial charge < -0.3 is 24.8 Å². The molecule has 0 aromatic rings. The van der Waals surface area contributed by atoms with Crippen LogP contribution in [0.2, 0.25) is 0 Å². The Balaban J connectivity index is 2.18. The molecule has 0 aliphatic carbocycles. The molecule has 0 aromatic heterocycles. The highest BCUT2D eigenvalue weighted by Crippen LogP contribution is 2.30. The number of imide groups is 1. The molecule has 1 fully saturated rings. The van der Waals surface area contributed by atoms with E-state index in [1.54, 1.807) is 0 Å². The first-order valence-corrected chi connectivity index (χ1v) is 7.05. The molecule has 5 atom stereocenters. The molecule has 2 aliphatic rings. The number of aliphatic hydroxyl groups excluding tert-OH is 3. The van der Waals surface area contributed by atoms with Gasteiger partial charge in [-0.05, 0) is 13.8 Å². The number of carbonyl (C=O) groups is 3. The molecule has 2 heterocycles. The maximum atomic E-state index is 12.1. The van der Waals surface area contributed by atoms with E-state index in [0.717, 1.165) is 6.92 Å². The van der Waals surface area contributed by atoms with E-state index in [1.807, 2.05) is 0 Å². The Morgan fingerprint density at radius 2 is 1.65 bits per heavy atom. The Labute approximate surface area is 132 Å². The van der Waals surface area contributed by atoms with Gasteiger partial charge in [-0.3, -0.25) is 19.3 Å². The molecule has 0 radical (unpaired) electrons. The molecule has 0 unspecified atom stereocenters. The minimum absolute atomic E-state index is 0.200. The van der Waals surface area contributed by atoms with Crippen LogP contribution in [0.1, 0.15) is 20.8 Å². The van der Waals surface area contributed by atoms with E-state index in [1.165, 1.54) is 13.8 Å². The van der Waals surface area contributed by atoms with Gasteiger partial charge in [0.2, 0.25) is 0 Å². The summed E-state index contributed by atoms with van der Waals surface area (Å²) < 4.78 is 9.80. The largest absolute Gasteiger partial charge is 0.463 e. The van der Waals surface area contributed by atoms with Crippen molar-refractivity contribution in [3.05, 3.63) is 11.1 Å². The van der Waals surface area contributed by atoms with Crippen LogP contribution in [0.25, 0.3) is 0 Å². The monoisotopic (exact) mass is 329 g/mol. The van der Waals surface area contributed by atoms with Crippen molar-refractivity contribution < 1.29 is 39.2 Å². The van der Waals surface area contributed by atoms with E-state index in [0.29, 0.717) is 4.90 Å². The van der Waals surface area contributed by atoms with Crippen LogP contribution in [0, 0.1) is 0 Å². The van der Waals surface area contributed by atoms with E-state index in [9.17, 15) is 29.7 Å². The molecule has 0 spiro atoms. The van der Waals surface area contributed by atoms with Crippen LogP contribution in [0.15, 0.2) is 11.1 Å². The first kappa shape index (κ1) is 17.5. The fraction of sp³-hybridized carbons (Fsp3) is 0.643. The summed E-state index contributed by atoms with van der Waals surface area (Å²) >= 11 is 0. The number of hydrogen-bond acceptors (Lipinski definition) is 8. The second-order valence-electron chi connectivity index (χ2n) is 5.57. The third-order valence-electron chi connectivity index (χ3n) is 4.08. The van der Waals surface area contributed by atoms with Gasteiger partial charge in [-0.25, -0.2) is 0 Å².